The van der Waals surface area contributed by atoms with E-state index in [1.54, 1.807) is 30.5 Å². The Kier molecular flexibility index (Phi) is 4.92. The van der Waals surface area contributed by atoms with Gasteiger partial charge in [-0.15, -0.1) is 11.3 Å². The van der Waals surface area contributed by atoms with E-state index in [0.29, 0.717) is 39.7 Å². The Morgan fingerprint density at radius 2 is 2.18 bits per heavy atom. The summed E-state index contributed by atoms with van der Waals surface area (Å²) in [6.45, 7) is 2.25. The van der Waals surface area contributed by atoms with Crippen molar-refractivity contribution in [2.24, 2.45) is 0 Å². The normalized spacial score (nSPS) is 12.9. The van der Waals surface area contributed by atoms with Crippen molar-refractivity contribution in [3.05, 3.63) is 64.4 Å². The molecule has 28 heavy (non-hydrogen) atoms. The molecule has 0 saturated heterocycles. The van der Waals surface area contributed by atoms with Crippen molar-refractivity contribution in [1.82, 2.24) is 4.98 Å². The molecule has 0 atom stereocenters. The van der Waals surface area contributed by atoms with E-state index in [4.69, 9.17) is 4.74 Å². The molecule has 2 aromatic heterocycles. The van der Waals surface area contributed by atoms with E-state index in [1.165, 1.54) is 28.4 Å². The molecule has 0 spiro atoms. The average molecular weight is 396 g/mol. The number of pyridine rings is 1. The minimum absolute atomic E-state index is 0.0427. The number of ether oxygens (including phenoxy) is 1. The second kappa shape index (κ2) is 7.52. The van der Waals surface area contributed by atoms with E-state index in [0.717, 1.165) is 0 Å². The molecule has 142 valence electrons. The fraction of sp³-hybridized carbons (Fsp3) is 0.190. The highest BCUT2D eigenvalue weighted by Gasteiger charge is 2.31. The second-order valence-corrected chi connectivity index (χ2v) is 7.27. The molecule has 7 heteroatoms. The number of carbonyl (C=O) groups excluding carboxylic acids is 2. The Balaban J connectivity index is 1.70. The lowest BCUT2D eigenvalue weighted by molar-refractivity contribution is -0.117. The first-order valence-corrected chi connectivity index (χ1v) is 9.73. The average Bonchev–Trinajstić information content (AvgIpc) is 3.32. The monoisotopic (exact) mass is 396 g/mol. The van der Waals surface area contributed by atoms with Gasteiger partial charge in [-0.3, -0.25) is 14.6 Å². The number of ketones is 1. The van der Waals surface area contributed by atoms with Crippen molar-refractivity contribution in [3.8, 4) is 16.9 Å². The van der Waals surface area contributed by atoms with Crippen LogP contribution < -0.4 is 9.64 Å². The van der Waals surface area contributed by atoms with Crippen molar-refractivity contribution >= 4 is 28.7 Å². The molecule has 0 radical (unpaired) electrons. The van der Waals surface area contributed by atoms with Crippen LogP contribution in [0.1, 0.15) is 22.3 Å². The number of Topliss-reactive ketones (excluding diaryl/α,β-unsaturated/α-hetero) is 1. The van der Waals surface area contributed by atoms with Gasteiger partial charge in [0.15, 0.2) is 5.78 Å². The number of anilines is 1. The summed E-state index contributed by atoms with van der Waals surface area (Å²) < 4.78 is 19.4. The van der Waals surface area contributed by atoms with Gasteiger partial charge in [-0.2, -0.15) is 0 Å². The quantitative estimate of drug-likeness (QED) is 0.588. The number of rotatable bonds is 6. The lowest BCUT2D eigenvalue weighted by atomic mass is 10.0. The summed E-state index contributed by atoms with van der Waals surface area (Å²) in [5.41, 5.74) is 2.38. The van der Waals surface area contributed by atoms with Crippen LogP contribution in [0.15, 0.2) is 48.0 Å². The van der Waals surface area contributed by atoms with E-state index in [9.17, 15) is 14.0 Å². The maximum atomic E-state index is 13.8. The van der Waals surface area contributed by atoms with Gasteiger partial charge in [0.1, 0.15) is 11.6 Å². The number of aromatic nitrogens is 1. The number of nitrogens with zero attached hydrogens (tertiary/aromatic N) is 2. The zero-order valence-corrected chi connectivity index (χ0v) is 16.0. The molecule has 0 bridgehead atoms. The maximum absolute atomic E-state index is 13.8. The highest BCUT2D eigenvalue weighted by atomic mass is 32.1. The minimum Gasteiger partial charge on any atom is -0.493 e. The molecule has 3 heterocycles. The number of amides is 1. The van der Waals surface area contributed by atoms with Gasteiger partial charge in [-0.25, -0.2) is 4.39 Å². The predicted molar refractivity (Wildman–Crippen MR) is 106 cm³/mol. The molecule has 1 aliphatic heterocycles. The first kappa shape index (κ1) is 18.3. The van der Waals surface area contributed by atoms with E-state index >= 15 is 0 Å². The number of hydrogen-bond donors (Lipinski definition) is 0. The van der Waals surface area contributed by atoms with E-state index in [1.807, 2.05) is 12.3 Å². The van der Waals surface area contributed by atoms with Gasteiger partial charge >= 0.3 is 0 Å². The molecule has 0 aliphatic carbocycles. The van der Waals surface area contributed by atoms with E-state index in [-0.39, 0.29) is 30.5 Å². The second-order valence-electron chi connectivity index (χ2n) is 6.32. The molecule has 0 N–H and O–H groups in total. The summed E-state index contributed by atoms with van der Waals surface area (Å²) in [5.74, 6) is -0.146. The van der Waals surface area contributed by atoms with E-state index in [2.05, 4.69) is 4.98 Å². The third kappa shape index (κ3) is 3.41. The number of carbonyl (C=O) groups is 2. The SMILES string of the molecule is CCOc1ccc(F)cc1-c1cnc2c(c1)N(CC(=O)c1cccs1)C(=O)C2. The topological polar surface area (TPSA) is 59.5 Å². The Morgan fingerprint density at radius 3 is 2.93 bits per heavy atom. The third-order valence-corrected chi connectivity index (χ3v) is 5.42. The van der Waals surface area contributed by atoms with Crippen LogP contribution in [0.5, 0.6) is 5.75 Å². The van der Waals surface area contributed by atoms with Crippen molar-refractivity contribution in [2.75, 3.05) is 18.1 Å². The molecule has 3 aromatic rings. The molecule has 0 saturated carbocycles. The highest BCUT2D eigenvalue weighted by Crippen LogP contribution is 2.36. The van der Waals surface area contributed by atoms with Gasteiger partial charge in [0, 0.05) is 17.3 Å². The number of halogens is 1. The Bertz CT molecular complexity index is 1050. The largest absolute Gasteiger partial charge is 0.493 e. The zero-order valence-electron chi connectivity index (χ0n) is 15.1. The summed E-state index contributed by atoms with van der Waals surface area (Å²) in [5, 5.41) is 1.83. The predicted octanol–water partition coefficient (Wildman–Crippen LogP) is 4.12. The van der Waals surface area contributed by atoms with Crippen LogP contribution in [0.4, 0.5) is 10.1 Å². The van der Waals surface area contributed by atoms with Crippen LogP contribution in [-0.4, -0.2) is 29.8 Å². The zero-order chi connectivity index (χ0) is 19.7. The van der Waals surface area contributed by atoms with Gasteiger partial charge in [0.2, 0.25) is 5.91 Å². The first-order chi connectivity index (χ1) is 13.6. The smallest absolute Gasteiger partial charge is 0.233 e. The van der Waals surface area contributed by atoms with Gasteiger partial charge < -0.3 is 9.64 Å². The Hall–Kier alpha value is -3.06. The Morgan fingerprint density at radius 1 is 1.32 bits per heavy atom. The molecular formula is C21H17FN2O3S. The molecule has 1 aromatic carbocycles. The van der Waals surface area contributed by atoms with Crippen LogP contribution in [0, 0.1) is 5.82 Å². The number of hydrogen-bond acceptors (Lipinski definition) is 5. The van der Waals surface area contributed by atoms with Crippen LogP contribution in [0.3, 0.4) is 0 Å². The van der Waals surface area contributed by atoms with Crippen LogP contribution in [-0.2, 0) is 11.2 Å². The molecule has 1 aliphatic rings. The van der Waals surface area contributed by atoms with Crippen molar-refractivity contribution in [1.29, 1.82) is 0 Å². The molecule has 5 nitrogen and oxygen atoms in total. The van der Waals surface area contributed by atoms with Crippen molar-refractivity contribution in [2.45, 2.75) is 13.3 Å². The molecule has 0 unspecified atom stereocenters. The van der Waals surface area contributed by atoms with Crippen LogP contribution in [0.25, 0.3) is 11.1 Å². The van der Waals surface area contributed by atoms with Crippen molar-refractivity contribution in [3.63, 3.8) is 0 Å². The van der Waals surface area contributed by atoms with Gasteiger partial charge in [0.05, 0.1) is 35.8 Å². The summed E-state index contributed by atoms with van der Waals surface area (Å²) in [6.07, 6.45) is 1.75. The van der Waals surface area contributed by atoms with Gasteiger partial charge in [0.25, 0.3) is 0 Å². The summed E-state index contributed by atoms with van der Waals surface area (Å²) in [7, 11) is 0. The fourth-order valence-electron chi connectivity index (χ4n) is 3.21. The number of benzene rings is 1. The molecule has 4 rings (SSSR count). The Labute approximate surface area is 165 Å². The van der Waals surface area contributed by atoms with Crippen LogP contribution >= 0.6 is 11.3 Å². The van der Waals surface area contributed by atoms with Gasteiger partial charge in [-0.1, -0.05) is 6.07 Å². The fourth-order valence-corrected chi connectivity index (χ4v) is 3.87. The molecule has 1 amide bonds. The maximum Gasteiger partial charge on any atom is 0.233 e. The molecule has 0 fully saturated rings. The molecular weight excluding hydrogens is 379 g/mol. The van der Waals surface area contributed by atoms with Crippen molar-refractivity contribution < 1.29 is 18.7 Å². The first-order valence-electron chi connectivity index (χ1n) is 8.85. The number of thiophene rings is 1. The third-order valence-electron chi connectivity index (χ3n) is 4.51. The van der Waals surface area contributed by atoms with Gasteiger partial charge in [-0.05, 0) is 42.6 Å². The highest BCUT2D eigenvalue weighted by molar-refractivity contribution is 7.12. The van der Waals surface area contributed by atoms with E-state index < -0.39 is 0 Å². The summed E-state index contributed by atoms with van der Waals surface area (Å²) in [4.78, 5) is 31.4. The lowest BCUT2D eigenvalue weighted by Gasteiger charge is -2.17. The van der Waals surface area contributed by atoms with Crippen LogP contribution in [0.2, 0.25) is 0 Å². The number of fused-ring (bicyclic) bond motifs is 1. The summed E-state index contributed by atoms with van der Waals surface area (Å²) >= 11 is 1.34. The minimum atomic E-state index is -0.389. The standard InChI is InChI=1S/C21H17FN2O3S/c1-2-27-19-6-5-14(22)9-15(19)13-8-17-16(23-11-13)10-21(26)24(17)12-18(25)20-4-3-7-28-20/h3-9,11H,2,10,12H2,1H3. The lowest BCUT2D eigenvalue weighted by Crippen LogP contribution is -2.32. The summed E-state index contributed by atoms with van der Waals surface area (Å²) in [6, 6.07) is 9.61.